The number of nitrogens with one attached hydrogen (secondary N) is 1. The van der Waals surface area contributed by atoms with Crippen molar-refractivity contribution in [1.82, 2.24) is 14.8 Å². The average molecular weight is 312 g/mol. The highest BCUT2D eigenvalue weighted by molar-refractivity contribution is 7.80. The number of thiocarbonyl (C=S) groups is 1. The van der Waals surface area contributed by atoms with E-state index in [4.69, 9.17) is 18.0 Å². The summed E-state index contributed by atoms with van der Waals surface area (Å²) >= 11 is 4.79. The molecule has 2 heterocycles. The largest absolute Gasteiger partial charge is 0.374 e. The van der Waals surface area contributed by atoms with Crippen LogP contribution in [0.4, 0.5) is 11.4 Å². The van der Waals surface area contributed by atoms with E-state index < -0.39 is 5.56 Å². The van der Waals surface area contributed by atoms with Gasteiger partial charge in [-0.15, -0.1) is 10.2 Å². The van der Waals surface area contributed by atoms with Gasteiger partial charge in [0.1, 0.15) is 5.69 Å². The van der Waals surface area contributed by atoms with Crippen LogP contribution in [0, 0.1) is 6.92 Å². The second-order valence-electron chi connectivity index (χ2n) is 4.62. The van der Waals surface area contributed by atoms with Crippen LogP contribution in [-0.2, 0) is 0 Å². The van der Waals surface area contributed by atoms with Crippen molar-refractivity contribution in [2.75, 3.05) is 0 Å². The third-order valence-electron chi connectivity index (χ3n) is 3.13. The van der Waals surface area contributed by atoms with Gasteiger partial charge in [0.05, 0.1) is 11.2 Å². The van der Waals surface area contributed by atoms with E-state index in [-0.39, 0.29) is 10.8 Å². The van der Waals surface area contributed by atoms with E-state index in [0.717, 1.165) is 15.6 Å². The first-order chi connectivity index (χ1) is 10.6. The van der Waals surface area contributed by atoms with Gasteiger partial charge in [0.25, 0.3) is 0 Å². The molecule has 0 bridgehead atoms. The highest BCUT2D eigenvalue weighted by Gasteiger charge is 2.12. The summed E-state index contributed by atoms with van der Waals surface area (Å²) in [5.74, 6) is 0. The molecule has 0 radical (unpaired) electrons. The zero-order chi connectivity index (χ0) is 15.7. The zero-order valence-electron chi connectivity index (χ0n) is 11.6. The normalized spacial score (nSPS) is 11.3. The van der Waals surface area contributed by atoms with Gasteiger partial charge in [-0.05, 0) is 31.3 Å². The number of azo groups is 1. The molecule has 1 aromatic carbocycles. The van der Waals surface area contributed by atoms with Crippen LogP contribution in [0.5, 0.6) is 0 Å². The Morgan fingerprint density at radius 1 is 1.32 bits per heavy atom. The van der Waals surface area contributed by atoms with Crippen LogP contribution < -0.4 is 11.3 Å². The van der Waals surface area contributed by atoms with Gasteiger partial charge < -0.3 is 5.73 Å². The third-order valence-corrected chi connectivity index (χ3v) is 3.31. The number of nitrogens with zero attached hydrogens (tertiary/aromatic N) is 4. The highest BCUT2D eigenvalue weighted by atomic mass is 32.1. The number of hydrogen-bond acceptors (Lipinski definition) is 5. The lowest BCUT2D eigenvalue weighted by molar-refractivity contribution is 0.889. The fourth-order valence-electron chi connectivity index (χ4n) is 2.08. The zero-order valence-corrected chi connectivity index (χ0v) is 12.5. The van der Waals surface area contributed by atoms with Gasteiger partial charge in [-0.25, -0.2) is 0 Å². The maximum atomic E-state index is 12.1. The molecule has 0 fully saturated rings. The van der Waals surface area contributed by atoms with Crippen molar-refractivity contribution < 1.29 is 0 Å². The first kappa shape index (κ1) is 14.1. The minimum atomic E-state index is -0.429. The van der Waals surface area contributed by atoms with Crippen molar-refractivity contribution in [1.29, 1.82) is 0 Å². The van der Waals surface area contributed by atoms with Crippen LogP contribution in [0.3, 0.4) is 0 Å². The Balaban J connectivity index is 2.08. The molecule has 0 aliphatic rings. The van der Waals surface area contributed by atoms with Crippen molar-refractivity contribution in [3.63, 3.8) is 0 Å². The Hall–Kier alpha value is -2.87. The second kappa shape index (κ2) is 5.49. The molecule has 3 N–H and O–H groups in total. The standard InChI is InChI=1S/C14H12N6OS/c1-8-11(13(21)20(19-8)14(15)22)18-17-10-6-2-4-9-5-3-7-16-12(9)10/h2-7,19H,1H3,(H2,15,22). The third kappa shape index (κ3) is 2.40. The number of H-pyrrole nitrogens is 1. The van der Waals surface area contributed by atoms with Gasteiger partial charge in [-0.1, -0.05) is 18.2 Å². The highest BCUT2D eigenvalue weighted by Crippen LogP contribution is 2.25. The van der Waals surface area contributed by atoms with E-state index in [1.165, 1.54) is 0 Å². The number of aromatic nitrogens is 3. The first-order valence-corrected chi connectivity index (χ1v) is 6.85. The molecule has 0 amide bonds. The number of para-hydroxylation sites is 1. The molecule has 8 heteroatoms. The van der Waals surface area contributed by atoms with E-state index in [9.17, 15) is 4.79 Å². The number of hydrogen-bond donors (Lipinski definition) is 2. The number of nitrogens with two attached hydrogens (primary N) is 1. The van der Waals surface area contributed by atoms with Crippen LogP contribution >= 0.6 is 12.2 Å². The minimum absolute atomic E-state index is 0.0682. The Bertz CT molecular complexity index is 950. The van der Waals surface area contributed by atoms with Crippen molar-refractivity contribution in [2.24, 2.45) is 16.0 Å². The van der Waals surface area contributed by atoms with Crippen LogP contribution in [0.25, 0.3) is 10.9 Å². The molecule has 0 unspecified atom stereocenters. The number of rotatable bonds is 2. The summed E-state index contributed by atoms with van der Waals surface area (Å²) in [6.45, 7) is 1.70. The molecule has 2 aromatic heterocycles. The minimum Gasteiger partial charge on any atom is -0.374 e. The number of aryl methyl sites for hydroxylation is 1. The van der Waals surface area contributed by atoms with E-state index in [1.54, 1.807) is 19.2 Å². The summed E-state index contributed by atoms with van der Waals surface area (Å²) in [6.07, 6.45) is 1.68. The molecular weight excluding hydrogens is 300 g/mol. The van der Waals surface area contributed by atoms with Crippen molar-refractivity contribution in [3.8, 4) is 0 Å². The van der Waals surface area contributed by atoms with Gasteiger partial charge in [-0.3, -0.25) is 14.9 Å². The maximum Gasteiger partial charge on any atom is 0.301 e. The SMILES string of the molecule is Cc1[nH]n(C(N)=S)c(=O)c1N=Nc1cccc2cccnc12. The monoisotopic (exact) mass is 312 g/mol. The molecule has 0 aliphatic heterocycles. The molecular formula is C14H12N6OS. The van der Waals surface area contributed by atoms with Crippen LogP contribution in [0.2, 0.25) is 0 Å². The number of aromatic amines is 1. The lowest BCUT2D eigenvalue weighted by atomic mass is 10.2. The molecule has 0 saturated carbocycles. The van der Waals surface area contributed by atoms with Crippen molar-refractivity contribution in [3.05, 3.63) is 52.6 Å². The quantitative estimate of drug-likeness (QED) is 0.560. The molecule has 110 valence electrons. The Morgan fingerprint density at radius 2 is 2.09 bits per heavy atom. The smallest absolute Gasteiger partial charge is 0.301 e. The summed E-state index contributed by atoms with van der Waals surface area (Å²) < 4.78 is 1.06. The predicted molar refractivity (Wildman–Crippen MR) is 87.9 cm³/mol. The van der Waals surface area contributed by atoms with E-state index in [0.29, 0.717) is 11.4 Å². The van der Waals surface area contributed by atoms with E-state index in [1.807, 2.05) is 24.3 Å². The molecule has 0 atom stereocenters. The molecule has 0 spiro atoms. The molecule has 3 rings (SSSR count). The Kier molecular flexibility index (Phi) is 3.51. The lowest BCUT2D eigenvalue weighted by Gasteiger charge is -1.98. The Morgan fingerprint density at radius 3 is 2.82 bits per heavy atom. The summed E-state index contributed by atoms with van der Waals surface area (Å²) in [6, 6.07) is 9.36. The summed E-state index contributed by atoms with van der Waals surface area (Å²) in [5.41, 5.74) is 7.04. The van der Waals surface area contributed by atoms with Crippen LogP contribution in [-0.4, -0.2) is 19.9 Å². The van der Waals surface area contributed by atoms with Gasteiger partial charge in [0, 0.05) is 11.6 Å². The molecule has 22 heavy (non-hydrogen) atoms. The predicted octanol–water partition coefficient (Wildman–Crippen LogP) is 2.54. The van der Waals surface area contributed by atoms with Gasteiger partial charge in [0.2, 0.25) is 0 Å². The number of fused-ring (bicyclic) bond motifs is 1. The maximum absolute atomic E-state index is 12.1. The van der Waals surface area contributed by atoms with Crippen molar-refractivity contribution in [2.45, 2.75) is 6.92 Å². The van der Waals surface area contributed by atoms with Gasteiger partial charge >= 0.3 is 5.56 Å². The van der Waals surface area contributed by atoms with E-state index >= 15 is 0 Å². The topological polar surface area (TPSA) is 101 Å². The molecule has 0 aliphatic carbocycles. The fourth-order valence-corrected chi connectivity index (χ4v) is 2.21. The Labute approximate surface area is 130 Å². The molecule has 7 nitrogen and oxygen atoms in total. The van der Waals surface area contributed by atoms with Gasteiger partial charge in [-0.2, -0.15) is 4.68 Å². The first-order valence-electron chi connectivity index (χ1n) is 6.45. The summed E-state index contributed by atoms with van der Waals surface area (Å²) in [7, 11) is 0. The molecule has 3 aromatic rings. The average Bonchev–Trinajstić information content (AvgIpc) is 2.80. The number of pyridine rings is 1. The second-order valence-corrected chi connectivity index (χ2v) is 5.03. The summed E-state index contributed by atoms with van der Waals surface area (Å²) in [5, 5.41) is 11.8. The fraction of sp³-hybridized carbons (Fsp3) is 0.0714. The lowest BCUT2D eigenvalue weighted by Crippen LogP contribution is -2.29. The van der Waals surface area contributed by atoms with Crippen molar-refractivity contribution >= 4 is 39.6 Å². The number of benzene rings is 1. The van der Waals surface area contributed by atoms with Crippen LogP contribution in [0.1, 0.15) is 5.69 Å². The van der Waals surface area contributed by atoms with Crippen LogP contribution in [0.15, 0.2) is 51.6 Å². The van der Waals surface area contributed by atoms with E-state index in [2.05, 4.69) is 20.3 Å². The molecule has 0 saturated heterocycles. The van der Waals surface area contributed by atoms with Gasteiger partial charge in [0.15, 0.2) is 10.8 Å². The summed E-state index contributed by atoms with van der Waals surface area (Å²) in [4.78, 5) is 16.4.